The lowest BCUT2D eigenvalue weighted by Crippen LogP contribution is -2.44. The molecule has 1 aromatic rings. The number of primary amides is 1. The topological polar surface area (TPSA) is 75.4 Å². The lowest BCUT2D eigenvalue weighted by molar-refractivity contribution is 0.0909. The Labute approximate surface area is 125 Å². The van der Waals surface area contributed by atoms with Gasteiger partial charge in [0, 0.05) is 30.3 Å². The maximum Gasteiger partial charge on any atom is 0.251 e. The van der Waals surface area contributed by atoms with E-state index in [1.165, 1.54) is 6.42 Å². The summed E-state index contributed by atoms with van der Waals surface area (Å²) < 4.78 is 0. The zero-order valence-electron chi connectivity index (χ0n) is 12.5. The summed E-state index contributed by atoms with van der Waals surface area (Å²) in [5, 5.41) is 3.06. The van der Waals surface area contributed by atoms with Crippen LogP contribution in [0.15, 0.2) is 24.3 Å². The Balaban J connectivity index is 1.86. The summed E-state index contributed by atoms with van der Waals surface area (Å²) in [6.45, 7) is 5.40. The number of carbonyl (C=O) groups excluding carboxylic acids is 2. The molecule has 114 valence electrons. The van der Waals surface area contributed by atoms with E-state index in [0.29, 0.717) is 11.1 Å². The van der Waals surface area contributed by atoms with E-state index in [0.717, 1.165) is 32.5 Å². The van der Waals surface area contributed by atoms with Gasteiger partial charge >= 0.3 is 0 Å². The number of nitrogens with one attached hydrogen (secondary N) is 1. The third-order valence-corrected chi connectivity index (χ3v) is 3.89. The van der Waals surface area contributed by atoms with E-state index in [9.17, 15) is 9.59 Å². The molecule has 0 spiro atoms. The van der Waals surface area contributed by atoms with Crippen molar-refractivity contribution in [3.05, 3.63) is 35.4 Å². The van der Waals surface area contributed by atoms with Gasteiger partial charge in [-0.1, -0.05) is 6.92 Å². The van der Waals surface area contributed by atoms with Gasteiger partial charge in [-0.3, -0.25) is 9.59 Å². The van der Waals surface area contributed by atoms with Gasteiger partial charge in [0.1, 0.15) is 0 Å². The first-order valence-electron chi connectivity index (χ1n) is 7.53. The molecule has 1 saturated heterocycles. The minimum atomic E-state index is -0.481. The van der Waals surface area contributed by atoms with Crippen molar-refractivity contribution >= 4 is 11.8 Å². The standard InChI is InChI=1S/C16H23N3O2/c1-2-9-19-10-7-14(8-11-19)18-16(21)13-5-3-12(4-6-13)15(17)20/h3-6,14H,2,7-11H2,1H3,(H2,17,20)(H,18,21). The fraction of sp³-hybridized carbons (Fsp3) is 0.500. The Hall–Kier alpha value is -1.88. The normalized spacial score (nSPS) is 16.6. The largest absolute Gasteiger partial charge is 0.366 e. The minimum Gasteiger partial charge on any atom is -0.366 e. The van der Waals surface area contributed by atoms with Crippen molar-refractivity contribution in [2.24, 2.45) is 5.73 Å². The number of hydrogen-bond acceptors (Lipinski definition) is 3. The van der Waals surface area contributed by atoms with E-state index < -0.39 is 5.91 Å². The molecule has 2 rings (SSSR count). The van der Waals surface area contributed by atoms with Crippen LogP contribution in [0.5, 0.6) is 0 Å². The fourth-order valence-electron chi connectivity index (χ4n) is 2.67. The molecular weight excluding hydrogens is 266 g/mol. The summed E-state index contributed by atoms with van der Waals surface area (Å²) in [6, 6.07) is 6.69. The number of amides is 2. The number of nitrogens with two attached hydrogens (primary N) is 1. The fourth-order valence-corrected chi connectivity index (χ4v) is 2.67. The second kappa shape index (κ2) is 7.22. The van der Waals surface area contributed by atoms with Crippen LogP contribution in [0.1, 0.15) is 46.9 Å². The van der Waals surface area contributed by atoms with Crippen molar-refractivity contribution < 1.29 is 9.59 Å². The summed E-state index contributed by atoms with van der Waals surface area (Å²) >= 11 is 0. The van der Waals surface area contributed by atoms with Crippen LogP contribution in [0.3, 0.4) is 0 Å². The van der Waals surface area contributed by atoms with Crippen LogP contribution in [0.25, 0.3) is 0 Å². The van der Waals surface area contributed by atoms with E-state index in [4.69, 9.17) is 5.73 Å². The summed E-state index contributed by atoms with van der Waals surface area (Å²) in [7, 11) is 0. The molecule has 5 heteroatoms. The van der Waals surface area contributed by atoms with Gasteiger partial charge in [0.05, 0.1) is 0 Å². The number of likely N-dealkylation sites (tertiary alicyclic amines) is 1. The monoisotopic (exact) mass is 289 g/mol. The lowest BCUT2D eigenvalue weighted by Gasteiger charge is -2.32. The Morgan fingerprint density at radius 1 is 1.19 bits per heavy atom. The van der Waals surface area contributed by atoms with Gasteiger partial charge < -0.3 is 16.0 Å². The quantitative estimate of drug-likeness (QED) is 0.860. The van der Waals surface area contributed by atoms with Crippen molar-refractivity contribution in [3.8, 4) is 0 Å². The molecule has 1 heterocycles. The van der Waals surface area contributed by atoms with E-state index in [1.807, 2.05) is 0 Å². The first-order chi connectivity index (χ1) is 10.1. The van der Waals surface area contributed by atoms with E-state index in [1.54, 1.807) is 24.3 Å². The second-order valence-corrected chi connectivity index (χ2v) is 5.53. The van der Waals surface area contributed by atoms with E-state index in [2.05, 4.69) is 17.1 Å². The van der Waals surface area contributed by atoms with E-state index in [-0.39, 0.29) is 11.9 Å². The van der Waals surface area contributed by atoms with Crippen LogP contribution in [-0.2, 0) is 0 Å². The molecule has 3 N–H and O–H groups in total. The van der Waals surface area contributed by atoms with Crippen molar-refractivity contribution in [2.45, 2.75) is 32.2 Å². The third-order valence-electron chi connectivity index (χ3n) is 3.89. The van der Waals surface area contributed by atoms with Gasteiger partial charge in [-0.2, -0.15) is 0 Å². The van der Waals surface area contributed by atoms with Crippen molar-refractivity contribution in [1.29, 1.82) is 0 Å². The van der Waals surface area contributed by atoms with Crippen LogP contribution in [0.2, 0.25) is 0 Å². The van der Waals surface area contributed by atoms with Gasteiger partial charge in [-0.05, 0) is 50.1 Å². The smallest absolute Gasteiger partial charge is 0.251 e. The summed E-state index contributed by atoms with van der Waals surface area (Å²) in [6.07, 6.45) is 3.15. The van der Waals surface area contributed by atoms with Gasteiger partial charge in [-0.15, -0.1) is 0 Å². The SMILES string of the molecule is CCCN1CCC(NC(=O)c2ccc(C(N)=O)cc2)CC1. The molecule has 0 aliphatic carbocycles. The van der Waals surface area contributed by atoms with Crippen LogP contribution >= 0.6 is 0 Å². The number of piperidine rings is 1. The molecule has 2 amide bonds. The molecule has 1 aliphatic heterocycles. The first-order valence-corrected chi connectivity index (χ1v) is 7.53. The Morgan fingerprint density at radius 2 is 1.76 bits per heavy atom. The molecule has 1 aliphatic rings. The average molecular weight is 289 g/mol. The Morgan fingerprint density at radius 3 is 2.29 bits per heavy atom. The molecule has 1 aromatic carbocycles. The Kier molecular flexibility index (Phi) is 5.33. The van der Waals surface area contributed by atoms with E-state index >= 15 is 0 Å². The van der Waals surface area contributed by atoms with Crippen LogP contribution < -0.4 is 11.1 Å². The number of nitrogens with zero attached hydrogens (tertiary/aromatic N) is 1. The highest BCUT2D eigenvalue weighted by molar-refractivity contribution is 5.97. The predicted octanol–water partition coefficient (Wildman–Crippen LogP) is 1.39. The molecule has 0 aromatic heterocycles. The second-order valence-electron chi connectivity index (χ2n) is 5.53. The van der Waals surface area contributed by atoms with Crippen molar-refractivity contribution in [3.63, 3.8) is 0 Å². The molecule has 0 saturated carbocycles. The van der Waals surface area contributed by atoms with Gasteiger partial charge in [-0.25, -0.2) is 0 Å². The summed E-state index contributed by atoms with van der Waals surface area (Å²) in [5.74, 6) is -0.565. The highest BCUT2D eigenvalue weighted by atomic mass is 16.2. The summed E-state index contributed by atoms with van der Waals surface area (Å²) in [4.78, 5) is 25.6. The maximum atomic E-state index is 12.2. The Bertz CT molecular complexity index is 491. The highest BCUT2D eigenvalue weighted by Gasteiger charge is 2.20. The van der Waals surface area contributed by atoms with Crippen molar-refractivity contribution in [2.75, 3.05) is 19.6 Å². The molecule has 1 fully saturated rings. The van der Waals surface area contributed by atoms with Crippen LogP contribution in [0, 0.1) is 0 Å². The zero-order chi connectivity index (χ0) is 15.2. The molecule has 5 nitrogen and oxygen atoms in total. The number of hydrogen-bond donors (Lipinski definition) is 2. The maximum absolute atomic E-state index is 12.2. The molecule has 0 atom stereocenters. The molecule has 0 bridgehead atoms. The minimum absolute atomic E-state index is 0.0834. The highest BCUT2D eigenvalue weighted by Crippen LogP contribution is 2.12. The van der Waals surface area contributed by atoms with Gasteiger partial charge in [0.2, 0.25) is 5.91 Å². The molecular formula is C16H23N3O2. The average Bonchev–Trinajstić information content (AvgIpc) is 2.49. The van der Waals surface area contributed by atoms with Crippen LogP contribution in [-0.4, -0.2) is 42.4 Å². The van der Waals surface area contributed by atoms with Crippen molar-refractivity contribution in [1.82, 2.24) is 10.2 Å². The molecule has 21 heavy (non-hydrogen) atoms. The number of benzene rings is 1. The lowest BCUT2D eigenvalue weighted by atomic mass is 10.0. The predicted molar refractivity (Wildman–Crippen MR) is 82.2 cm³/mol. The summed E-state index contributed by atoms with van der Waals surface area (Å²) in [5.41, 5.74) is 6.16. The molecule has 0 radical (unpaired) electrons. The number of carbonyl (C=O) groups is 2. The van der Waals surface area contributed by atoms with Gasteiger partial charge in [0.15, 0.2) is 0 Å². The zero-order valence-corrected chi connectivity index (χ0v) is 12.5. The molecule has 0 unspecified atom stereocenters. The van der Waals surface area contributed by atoms with Gasteiger partial charge in [0.25, 0.3) is 5.91 Å². The van der Waals surface area contributed by atoms with Crippen LogP contribution in [0.4, 0.5) is 0 Å². The number of rotatable bonds is 5. The first kappa shape index (κ1) is 15.5. The third kappa shape index (κ3) is 4.29.